The molecule has 11 heteroatoms. The van der Waals surface area contributed by atoms with Crippen LogP contribution in [0.5, 0.6) is 0 Å². The Labute approximate surface area is 122 Å². The molecule has 0 spiro atoms. The van der Waals surface area contributed by atoms with Crippen molar-refractivity contribution in [3.8, 4) is 0 Å². The summed E-state index contributed by atoms with van der Waals surface area (Å²) in [5, 5.41) is 5.11. The number of nitrogens with two attached hydrogens (primary N) is 1. The maximum Gasteiger partial charge on any atom is 0.417 e. The quantitative estimate of drug-likeness (QED) is 0.798. The van der Waals surface area contributed by atoms with Crippen molar-refractivity contribution in [1.82, 2.24) is 10.2 Å². The van der Waals surface area contributed by atoms with Gasteiger partial charge in [0.1, 0.15) is 10.7 Å². The zero-order chi connectivity index (χ0) is 15.8. The summed E-state index contributed by atoms with van der Waals surface area (Å²) in [7, 11) is -4.15. The molecule has 6 nitrogen and oxygen atoms in total. The molecule has 0 aliphatic rings. The van der Waals surface area contributed by atoms with Crippen LogP contribution in [0.2, 0.25) is 5.02 Å². The zero-order valence-electron chi connectivity index (χ0n) is 10.1. The Morgan fingerprint density at radius 2 is 2.00 bits per heavy atom. The second-order valence-electron chi connectivity index (χ2n) is 3.95. The van der Waals surface area contributed by atoms with Gasteiger partial charge in [0, 0.05) is 5.69 Å². The molecule has 0 aliphatic carbocycles. The Bertz CT molecular complexity index is 773. The van der Waals surface area contributed by atoms with Crippen molar-refractivity contribution < 1.29 is 21.6 Å². The average molecular weight is 341 g/mol. The lowest BCUT2D eigenvalue weighted by Crippen LogP contribution is -2.15. The van der Waals surface area contributed by atoms with E-state index in [0.717, 1.165) is 18.3 Å². The summed E-state index contributed by atoms with van der Waals surface area (Å²) in [6.07, 6.45) is -3.76. The van der Waals surface area contributed by atoms with Gasteiger partial charge < -0.3 is 5.73 Å². The number of benzene rings is 1. The summed E-state index contributed by atoms with van der Waals surface area (Å²) in [5.74, 6) is -0.229. The first kappa shape index (κ1) is 15.4. The lowest BCUT2D eigenvalue weighted by molar-refractivity contribution is -0.137. The van der Waals surface area contributed by atoms with E-state index < -0.39 is 26.8 Å². The van der Waals surface area contributed by atoms with Gasteiger partial charge in [-0.25, -0.2) is 8.42 Å². The molecule has 0 bridgehead atoms. The minimum absolute atomic E-state index is 0.229. The van der Waals surface area contributed by atoms with Crippen LogP contribution in [0.15, 0.2) is 29.3 Å². The van der Waals surface area contributed by atoms with Crippen molar-refractivity contribution >= 4 is 33.1 Å². The van der Waals surface area contributed by atoms with Gasteiger partial charge in [-0.2, -0.15) is 18.3 Å². The number of nitrogen functional groups attached to an aromatic ring is 1. The number of alkyl halides is 3. The smallest absolute Gasteiger partial charge is 0.383 e. The summed E-state index contributed by atoms with van der Waals surface area (Å²) in [6.45, 7) is 0. The topological polar surface area (TPSA) is 101 Å². The molecule has 1 aromatic carbocycles. The molecule has 0 radical (unpaired) electrons. The number of rotatable bonds is 3. The average Bonchev–Trinajstić information content (AvgIpc) is 2.77. The normalized spacial score (nSPS) is 12.4. The first-order valence-electron chi connectivity index (χ1n) is 5.29. The predicted molar refractivity (Wildman–Crippen MR) is 70.3 cm³/mol. The second kappa shape index (κ2) is 5.11. The molecule has 4 N–H and O–H groups in total. The highest BCUT2D eigenvalue weighted by Gasteiger charge is 2.33. The number of anilines is 2. The van der Waals surface area contributed by atoms with E-state index in [1.54, 1.807) is 0 Å². The second-order valence-corrected chi connectivity index (χ2v) is 6.00. The summed E-state index contributed by atoms with van der Waals surface area (Å²) in [5.41, 5.74) is 3.92. The molecular weight excluding hydrogens is 333 g/mol. The minimum Gasteiger partial charge on any atom is -0.383 e. The fraction of sp³-hybridized carbons (Fsp3) is 0.100. The fourth-order valence-electron chi connectivity index (χ4n) is 1.52. The Morgan fingerprint density at radius 3 is 2.52 bits per heavy atom. The van der Waals surface area contributed by atoms with Crippen LogP contribution >= 0.6 is 11.6 Å². The third kappa shape index (κ3) is 3.22. The predicted octanol–water partition coefficient (Wildman–Crippen LogP) is 2.46. The number of halogens is 4. The number of hydrogen-bond acceptors (Lipinski definition) is 4. The van der Waals surface area contributed by atoms with Crippen LogP contribution in [0, 0.1) is 0 Å². The van der Waals surface area contributed by atoms with E-state index in [-0.39, 0.29) is 16.4 Å². The van der Waals surface area contributed by atoms with Crippen LogP contribution in [0.1, 0.15) is 5.56 Å². The van der Waals surface area contributed by atoms with Crippen LogP contribution in [0.3, 0.4) is 0 Å². The van der Waals surface area contributed by atoms with Gasteiger partial charge in [0.2, 0.25) is 0 Å². The van der Waals surface area contributed by atoms with Crippen LogP contribution in [0.4, 0.5) is 24.7 Å². The highest BCUT2D eigenvalue weighted by molar-refractivity contribution is 7.92. The lowest BCUT2D eigenvalue weighted by atomic mass is 10.2. The van der Waals surface area contributed by atoms with Crippen molar-refractivity contribution in [3.63, 3.8) is 0 Å². The monoisotopic (exact) mass is 340 g/mol. The van der Waals surface area contributed by atoms with Gasteiger partial charge in [-0.3, -0.25) is 9.82 Å². The first-order chi connectivity index (χ1) is 9.61. The van der Waals surface area contributed by atoms with E-state index in [0.29, 0.717) is 6.07 Å². The molecule has 0 atom stereocenters. The third-order valence-electron chi connectivity index (χ3n) is 2.45. The molecule has 0 amide bonds. The zero-order valence-corrected chi connectivity index (χ0v) is 11.6. The number of hydrogen-bond donors (Lipinski definition) is 3. The molecule has 0 saturated carbocycles. The van der Waals surface area contributed by atoms with Crippen molar-refractivity contribution in [1.29, 1.82) is 0 Å². The minimum atomic E-state index is -4.70. The van der Waals surface area contributed by atoms with Crippen LogP contribution in [-0.2, 0) is 16.2 Å². The molecule has 1 heterocycles. The van der Waals surface area contributed by atoms with Crippen LogP contribution < -0.4 is 10.5 Å². The molecule has 0 saturated heterocycles. The Balaban J connectivity index is 2.39. The summed E-state index contributed by atoms with van der Waals surface area (Å²) < 4.78 is 64.0. The van der Waals surface area contributed by atoms with Crippen LogP contribution in [0.25, 0.3) is 0 Å². The van der Waals surface area contributed by atoms with Crippen molar-refractivity contribution in [2.24, 2.45) is 0 Å². The van der Waals surface area contributed by atoms with Gasteiger partial charge in [0.05, 0.1) is 16.8 Å². The SMILES string of the molecule is Nc1[nH]ncc1S(=O)(=O)Nc1ccc(Cl)c(C(F)(F)F)c1. The molecule has 21 heavy (non-hydrogen) atoms. The number of aromatic amines is 1. The van der Waals surface area contributed by atoms with Crippen molar-refractivity contribution in [2.75, 3.05) is 10.5 Å². The molecule has 2 aromatic rings. The summed E-state index contributed by atoms with van der Waals surface area (Å²) in [6, 6.07) is 2.64. The molecule has 0 aliphatic heterocycles. The third-order valence-corrected chi connectivity index (χ3v) is 4.18. The number of H-pyrrole nitrogens is 1. The van der Waals surface area contributed by atoms with Crippen molar-refractivity contribution in [3.05, 3.63) is 35.0 Å². The number of sulfonamides is 1. The Hall–Kier alpha value is -1.94. The van der Waals surface area contributed by atoms with Gasteiger partial charge in [0.15, 0.2) is 0 Å². The molecule has 0 fully saturated rings. The fourth-order valence-corrected chi connectivity index (χ4v) is 2.81. The highest BCUT2D eigenvalue weighted by Crippen LogP contribution is 2.36. The van der Waals surface area contributed by atoms with E-state index in [2.05, 4.69) is 10.2 Å². The van der Waals surface area contributed by atoms with E-state index in [1.807, 2.05) is 4.72 Å². The molecule has 0 unspecified atom stereocenters. The molecule has 1 aromatic heterocycles. The first-order valence-corrected chi connectivity index (χ1v) is 7.16. The van der Waals surface area contributed by atoms with Gasteiger partial charge >= 0.3 is 6.18 Å². The number of nitrogens with one attached hydrogen (secondary N) is 2. The summed E-state index contributed by atoms with van der Waals surface area (Å²) in [4.78, 5) is -0.369. The highest BCUT2D eigenvalue weighted by atomic mass is 35.5. The van der Waals surface area contributed by atoms with E-state index in [4.69, 9.17) is 17.3 Å². The maximum absolute atomic E-state index is 12.7. The molecule has 2 rings (SSSR count). The van der Waals surface area contributed by atoms with Gasteiger partial charge in [-0.15, -0.1) is 0 Å². The number of aromatic nitrogens is 2. The van der Waals surface area contributed by atoms with E-state index >= 15 is 0 Å². The van der Waals surface area contributed by atoms with Gasteiger partial charge in [0.25, 0.3) is 10.0 Å². The van der Waals surface area contributed by atoms with Crippen LogP contribution in [-0.4, -0.2) is 18.6 Å². The largest absolute Gasteiger partial charge is 0.417 e. The standard InChI is InChI=1S/C10H8ClF3N4O2S/c11-7-2-1-5(3-6(7)10(12,13)14)18-21(19,20)8-4-16-17-9(8)15/h1-4,18H,(H3,15,16,17). The maximum atomic E-state index is 12.7. The molecular formula is C10H8ClF3N4O2S. The van der Waals surface area contributed by atoms with E-state index in [1.165, 1.54) is 0 Å². The van der Waals surface area contributed by atoms with Gasteiger partial charge in [-0.05, 0) is 18.2 Å². The molecule has 114 valence electrons. The number of nitrogens with zero attached hydrogens (tertiary/aromatic N) is 1. The van der Waals surface area contributed by atoms with Crippen molar-refractivity contribution in [2.45, 2.75) is 11.1 Å². The summed E-state index contributed by atoms with van der Waals surface area (Å²) >= 11 is 5.44. The van der Waals surface area contributed by atoms with E-state index in [9.17, 15) is 21.6 Å². The van der Waals surface area contributed by atoms with Gasteiger partial charge in [-0.1, -0.05) is 11.6 Å². The lowest BCUT2D eigenvalue weighted by Gasteiger charge is -2.12. The Morgan fingerprint density at radius 1 is 1.33 bits per heavy atom. The Kier molecular flexibility index (Phi) is 3.76.